The van der Waals surface area contributed by atoms with Crippen LogP contribution in [0.25, 0.3) is 44.2 Å². The van der Waals surface area contributed by atoms with E-state index in [1.807, 2.05) is 51.2 Å². The molecule has 2 aromatic carbocycles. The lowest BCUT2D eigenvalue weighted by Crippen LogP contribution is -2.00. The van der Waals surface area contributed by atoms with Gasteiger partial charge in [-0.3, -0.25) is 0 Å². The zero-order chi connectivity index (χ0) is 21.9. The number of aromatic nitrogens is 3. The molecule has 0 bridgehead atoms. The number of carboxylic acids is 1. The fourth-order valence-electron chi connectivity index (χ4n) is 4.60. The number of carbonyl (C=O) groups is 1. The van der Waals surface area contributed by atoms with Gasteiger partial charge in [-0.1, -0.05) is 26.0 Å². The number of benzene rings is 2. The molecule has 5 aromatic rings. The first-order valence-electron chi connectivity index (χ1n) is 10.2. The van der Waals surface area contributed by atoms with E-state index in [-0.39, 0.29) is 17.4 Å². The number of aryl methyl sites for hydroxylation is 1. The van der Waals surface area contributed by atoms with E-state index in [9.17, 15) is 14.3 Å². The summed E-state index contributed by atoms with van der Waals surface area (Å²) >= 11 is 0. The van der Waals surface area contributed by atoms with Crippen LogP contribution in [0.5, 0.6) is 0 Å². The van der Waals surface area contributed by atoms with Crippen LogP contribution in [0.1, 0.15) is 41.4 Å². The molecule has 5 nitrogen and oxygen atoms in total. The Hall–Kier alpha value is -3.80. The third-order valence-corrected chi connectivity index (χ3v) is 5.93. The first-order valence-corrected chi connectivity index (χ1v) is 10.2. The number of hydrogen-bond donors (Lipinski definition) is 4. The Morgan fingerprint density at radius 3 is 2.48 bits per heavy atom. The molecule has 156 valence electrons. The number of H-pyrrole nitrogens is 3. The molecule has 0 radical (unpaired) electrons. The molecule has 0 saturated carbocycles. The Labute approximate surface area is 177 Å². The molecule has 6 heteroatoms. The minimum Gasteiger partial charge on any atom is -0.477 e. The summed E-state index contributed by atoms with van der Waals surface area (Å²) < 4.78 is 14.4. The summed E-state index contributed by atoms with van der Waals surface area (Å²) in [6.07, 6.45) is 3.62. The average molecular weight is 415 g/mol. The maximum atomic E-state index is 14.4. The van der Waals surface area contributed by atoms with Crippen molar-refractivity contribution in [2.45, 2.75) is 26.7 Å². The number of fused-ring (bicyclic) bond motifs is 2. The molecule has 3 aromatic heterocycles. The highest BCUT2D eigenvalue weighted by Crippen LogP contribution is 2.44. The first kappa shape index (κ1) is 19.2. The van der Waals surface area contributed by atoms with Gasteiger partial charge in [0.05, 0.1) is 5.69 Å². The average Bonchev–Trinajstić information content (AvgIpc) is 3.45. The molecule has 0 atom stereocenters. The van der Waals surface area contributed by atoms with Gasteiger partial charge in [-0.15, -0.1) is 0 Å². The van der Waals surface area contributed by atoms with Crippen molar-refractivity contribution in [1.82, 2.24) is 15.0 Å². The van der Waals surface area contributed by atoms with Gasteiger partial charge in [-0.2, -0.15) is 0 Å². The minimum absolute atomic E-state index is 0.00176. The van der Waals surface area contributed by atoms with Crippen molar-refractivity contribution in [3.8, 4) is 22.4 Å². The molecular weight excluding hydrogens is 393 g/mol. The lowest BCUT2D eigenvalue weighted by molar-refractivity contribution is 0.0692. The molecule has 0 unspecified atom stereocenters. The molecule has 4 N–H and O–H groups in total. The van der Waals surface area contributed by atoms with E-state index in [1.165, 1.54) is 12.1 Å². The van der Waals surface area contributed by atoms with Crippen molar-refractivity contribution in [2.75, 3.05) is 0 Å². The summed E-state index contributed by atoms with van der Waals surface area (Å²) in [5.74, 6) is -1.42. The Kier molecular flexibility index (Phi) is 4.25. The Bertz CT molecular complexity index is 1470. The van der Waals surface area contributed by atoms with Crippen LogP contribution in [0, 0.1) is 12.7 Å². The highest BCUT2D eigenvalue weighted by atomic mass is 19.1. The Morgan fingerprint density at radius 2 is 1.74 bits per heavy atom. The summed E-state index contributed by atoms with van der Waals surface area (Å²) in [7, 11) is 0. The van der Waals surface area contributed by atoms with Crippen LogP contribution in [-0.4, -0.2) is 26.0 Å². The number of carboxylic acid groups (broad SMARTS) is 1. The van der Waals surface area contributed by atoms with E-state index in [1.54, 1.807) is 6.20 Å². The smallest absolute Gasteiger partial charge is 0.352 e. The van der Waals surface area contributed by atoms with Crippen molar-refractivity contribution in [3.63, 3.8) is 0 Å². The zero-order valence-electron chi connectivity index (χ0n) is 17.4. The summed E-state index contributed by atoms with van der Waals surface area (Å²) in [5, 5.41) is 11.9. The predicted octanol–water partition coefficient (Wildman–Crippen LogP) is 6.58. The monoisotopic (exact) mass is 415 g/mol. The molecule has 0 fully saturated rings. The fourth-order valence-corrected chi connectivity index (χ4v) is 4.60. The van der Waals surface area contributed by atoms with Crippen molar-refractivity contribution < 1.29 is 14.3 Å². The van der Waals surface area contributed by atoms with Gasteiger partial charge in [0.2, 0.25) is 0 Å². The van der Waals surface area contributed by atoms with E-state index in [4.69, 9.17) is 0 Å². The summed E-state index contributed by atoms with van der Waals surface area (Å²) in [6, 6.07) is 10.7. The lowest BCUT2D eigenvalue weighted by atomic mass is 9.88. The van der Waals surface area contributed by atoms with Gasteiger partial charge in [0.1, 0.15) is 11.5 Å². The summed E-state index contributed by atoms with van der Waals surface area (Å²) in [6.45, 7) is 6.07. The van der Waals surface area contributed by atoms with Gasteiger partial charge in [-0.05, 0) is 53.8 Å². The second-order valence-electron chi connectivity index (χ2n) is 8.21. The molecule has 0 amide bonds. The predicted molar refractivity (Wildman–Crippen MR) is 121 cm³/mol. The number of hydrogen-bond acceptors (Lipinski definition) is 1. The van der Waals surface area contributed by atoms with Gasteiger partial charge < -0.3 is 20.1 Å². The molecule has 31 heavy (non-hydrogen) atoms. The maximum absolute atomic E-state index is 14.4. The molecule has 0 aliphatic rings. The van der Waals surface area contributed by atoms with Gasteiger partial charge in [0.15, 0.2) is 0 Å². The number of aromatic carboxylic acids is 1. The largest absolute Gasteiger partial charge is 0.477 e. The first-order chi connectivity index (χ1) is 14.9. The highest BCUT2D eigenvalue weighted by Gasteiger charge is 2.28. The van der Waals surface area contributed by atoms with Crippen LogP contribution < -0.4 is 0 Å². The van der Waals surface area contributed by atoms with E-state index >= 15 is 0 Å². The van der Waals surface area contributed by atoms with Gasteiger partial charge in [0.25, 0.3) is 0 Å². The SMILES string of the molecule is Cc1ccc(-c2c(C(=O)O)[nH]c(-c3cc(F)cc4[nH]ccc34)c2C(C)C)c2cc[nH]c12. The van der Waals surface area contributed by atoms with Crippen LogP contribution in [0.4, 0.5) is 4.39 Å². The Morgan fingerprint density at radius 1 is 1.00 bits per heavy atom. The summed E-state index contributed by atoms with van der Waals surface area (Å²) in [5.41, 5.74) is 6.46. The zero-order valence-corrected chi connectivity index (χ0v) is 17.4. The third kappa shape index (κ3) is 2.86. The lowest BCUT2D eigenvalue weighted by Gasteiger charge is -2.14. The van der Waals surface area contributed by atoms with Crippen molar-refractivity contribution >= 4 is 27.8 Å². The molecular formula is C25H22FN3O2. The quantitative estimate of drug-likeness (QED) is 0.267. The van der Waals surface area contributed by atoms with Crippen LogP contribution >= 0.6 is 0 Å². The second kappa shape index (κ2) is 6.87. The molecule has 0 aliphatic heterocycles. The number of nitrogens with one attached hydrogen (secondary N) is 3. The fraction of sp³-hybridized carbons (Fsp3) is 0.160. The van der Waals surface area contributed by atoms with Crippen LogP contribution in [-0.2, 0) is 0 Å². The van der Waals surface area contributed by atoms with Crippen LogP contribution in [0.3, 0.4) is 0 Å². The van der Waals surface area contributed by atoms with Gasteiger partial charge in [-0.25, -0.2) is 9.18 Å². The number of rotatable bonds is 4. The second-order valence-corrected chi connectivity index (χ2v) is 8.21. The number of halogens is 1. The van der Waals surface area contributed by atoms with E-state index in [2.05, 4.69) is 15.0 Å². The standard InChI is InChI=1S/C25H22FN3O2/c1-12(2)20-21(16-5-4-13(3)22-17(16)7-9-28-22)24(25(30)31)29-23(20)18-10-14(26)11-19-15(18)6-8-27-19/h4-12,27-29H,1-3H3,(H,30,31). The molecule has 5 rings (SSSR count). The van der Waals surface area contributed by atoms with E-state index in [0.29, 0.717) is 22.3 Å². The third-order valence-electron chi connectivity index (χ3n) is 5.93. The van der Waals surface area contributed by atoms with Crippen LogP contribution in [0.15, 0.2) is 48.8 Å². The van der Waals surface area contributed by atoms with E-state index in [0.717, 1.165) is 33.0 Å². The number of aromatic amines is 3. The topological polar surface area (TPSA) is 84.7 Å². The highest BCUT2D eigenvalue weighted by molar-refractivity contribution is 6.07. The minimum atomic E-state index is -1.05. The molecule has 0 spiro atoms. The van der Waals surface area contributed by atoms with Crippen molar-refractivity contribution in [3.05, 3.63) is 71.4 Å². The Balaban J connectivity index is 1.91. The molecule has 0 aliphatic carbocycles. The van der Waals surface area contributed by atoms with Crippen LogP contribution in [0.2, 0.25) is 0 Å². The van der Waals surface area contributed by atoms with E-state index < -0.39 is 5.97 Å². The van der Waals surface area contributed by atoms with Crippen molar-refractivity contribution in [2.24, 2.45) is 0 Å². The van der Waals surface area contributed by atoms with Crippen molar-refractivity contribution in [1.29, 1.82) is 0 Å². The molecule has 0 saturated heterocycles. The normalized spacial score (nSPS) is 11.8. The molecule has 3 heterocycles. The van der Waals surface area contributed by atoms with Gasteiger partial charge in [0, 0.05) is 45.3 Å². The van der Waals surface area contributed by atoms with Gasteiger partial charge >= 0.3 is 5.97 Å². The maximum Gasteiger partial charge on any atom is 0.352 e. The summed E-state index contributed by atoms with van der Waals surface area (Å²) in [4.78, 5) is 21.8.